The van der Waals surface area contributed by atoms with Gasteiger partial charge in [0.2, 0.25) is 0 Å². The highest BCUT2D eigenvalue weighted by Gasteiger charge is 2.30. The molecule has 1 aliphatic carbocycles. The highest BCUT2D eigenvalue weighted by atomic mass is 32.1. The Kier molecular flexibility index (Phi) is 7.19. The molecule has 1 amide bonds. The molecule has 3 rings (SSSR count). The smallest absolute Gasteiger partial charge is 0.341 e. The zero-order chi connectivity index (χ0) is 21.8. The molecule has 162 valence electrons. The number of rotatable bonds is 7. The first-order valence-corrected chi connectivity index (χ1v) is 11.5. The van der Waals surface area contributed by atoms with E-state index in [4.69, 9.17) is 9.47 Å². The molecule has 0 bridgehead atoms. The lowest BCUT2D eigenvalue weighted by atomic mass is 9.88. The Bertz CT molecular complexity index is 934. The van der Waals surface area contributed by atoms with Crippen LogP contribution in [0.3, 0.4) is 0 Å². The predicted octanol–water partition coefficient (Wildman–Crippen LogP) is 5.46. The monoisotopic (exact) mass is 429 g/mol. The summed E-state index contributed by atoms with van der Waals surface area (Å²) in [5.41, 5.74) is 3.86. The highest BCUT2D eigenvalue weighted by molar-refractivity contribution is 7.17. The van der Waals surface area contributed by atoms with Crippen LogP contribution in [0.2, 0.25) is 0 Å². The third-order valence-corrected chi connectivity index (χ3v) is 6.82. The van der Waals surface area contributed by atoms with Crippen molar-refractivity contribution in [3.05, 3.63) is 45.3 Å². The summed E-state index contributed by atoms with van der Waals surface area (Å²) in [5.74, 6) is 0.646. The van der Waals surface area contributed by atoms with Gasteiger partial charge in [-0.15, -0.1) is 11.3 Å². The molecule has 0 aliphatic heterocycles. The van der Waals surface area contributed by atoms with Crippen molar-refractivity contribution in [3.8, 4) is 5.75 Å². The number of nitrogens with one attached hydrogen (secondary N) is 1. The van der Waals surface area contributed by atoms with Gasteiger partial charge in [-0.2, -0.15) is 0 Å². The van der Waals surface area contributed by atoms with Crippen LogP contribution in [0.1, 0.15) is 65.5 Å². The molecule has 1 aliphatic rings. The van der Waals surface area contributed by atoms with E-state index in [0.29, 0.717) is 35.3 Å². The lowest BCUT2D eigenvalue weighted by Gasteiger charge is -2.19. The molecule has 2 unspecified atom stereocenters. The van der Waals surface area contributed by atoms with Crippen LogP contribution in [0.5, 0.6) is 5.75 Å². The third kappa shape index (κ3) is 4.86. The molecular weight excluding hydrogens is 398 g/mol. The van der Waals surface area contributed by atoms with Crippen molar-refractivity contribution in [2.24, 2.45) is 5.92 Å². The summed E-state index contributed by atoms with van der Waals surface area (Å²) in [5, 5.41) is 3.56. The largest absolute Gasteiger partial charge is 0.481 e. The molecule has 2 atom stereocenters. The Morgan fingerprint density at radius 2 is 2.00 bits per heavy atom. The van der Waals surface area contributed by atoms with Gasteiger partial charge in [-0.05, 0) is 81.2 Å². The van der Waals surface area contributed by atoms with Gasteiger partial charge in [-0.3, -0.25) is 4.79 Å². The van der Waals surface area contributed by atoms with Crippen LogP contribution in [-0.4, -0.2) is 24.6 Å². The second kappa shape index (κ2) is 9.65. The number of amides is 1. The summed E-state index contributed by atoms with van der Waals surface area (Å²) in [4.78, 5) is 26.9. The summed E-state index contributed by atoms with van der Waals surface area (Å²) in [6.07, 6.45) is 2.69. The summed E-state index contributed by atoms with van der Waals surface area (Å²) in [6, 6.07) is 5.82. The molecule has 1 heterocycles. The molecule has 0 saturated carbocycles. The fraction of sp³-hybridized carbons (Fsp3) is 0.500. The van der Waals surface area contributed by atoms with E-state index in [-0.39, 0.29) is 11.9 Å². The molecule has 6 heteroatoms. The number of hydrogen-bond acceptors (Lipinski definition) is 5. The number of aryl methyl sites for hydroxylation is 2. The molecule has 1 aromatic heterocycles. The first-order chi connectivity index (χ1) is 14.3. The van der Waals surface area contributed by atoms with Crippen LogP contribution in [0.25, 0.3) is 0 Å². The highest BCUT2D eigenvalue weighted by Crippen LogP contribution is 2.40. The Morgan fingerprint density at radius 3 is 2.67 bits per heavy atom. The van der Waals surface area contributed by atoms with Crippen LogP contribution < -0.4 is 10.1 Å². The average molecular weight is 430 g/mol. The van der Waals surface area contributed by atoms with Crippen LogP contribution in [0, 0.1) is 19.8 Å². The predicted molar refractivity (Wildman–Crippen MR) is 121 cm³/mol. The molecule has 1 aromatic carbocycles. The van der Waals surface area contributed by atoms with Gasteiger partial charge in [-0.1, -0.05) is 19.9 Å². The first kappa shape index (κ1) is 22.3. The van der Waals surface area contributed by atoms with Crippen molar-refractivity contribution in [2.45, 2.75) is 66.4 Å². The summed E-state index contributed by atoms with van der Waals surface area (Å²) in [6.45, 7) is 10.3. The standard InChI is InChI=1S/C24H31NO4S/c1-6-19(29-17-10-9-15(4)16(5)13-17)22(26)25-23-21(24(27)28-7-2)18-11-8-14(3)12-20(18)30-23/h9-10,13-14,19H,6-8,11-12H2,1-5H3,(H,25,26). The minimum atomic E-state index is -0.639. The zero-order valence-electron chi connectivity index (χ0n) is 18.5. The number of carbonyl (C=O) groups is 2. The Labute approximate surface area is 182 Å². The molecule has 5 nitrogen and oxygen atoms in total. The molecular formula is C24H31NO4S. The van der Waals surface area contributed by atoms with Gasteiger partial charge in [0, 0.05) is 4.88 Å². The topological polar surface area (TPSA) is 64.6 Å². The van der Waals surface area contributed by atoms with Crippen LogP contribution in [0.4, 0.5) is 5.00 Å². The fourth-order valence-electron chi connectivity index (χ4n) is 3.72. The van der Waals surface area contributed by atoms with Gasteiger partial charge < -0.3 is 14.8 Å². The van der Waals surface area contributed by atoms with E-state index < -0.39 is 6.10 Å². The summed E-state index contributed by atoms with van der Waals surface area (Å²) < 4.78 is 11.3. The van der Waals surface area contributed by atoms with E-state index in [2.05, 4.69) is 12.2 Å². The van der Waals surface area contributed by atoms with E-state index >= 15 is 0 Å². The molecule has 0 spiro atoms. The van der Waals surface area contributed by atoms with E-state index in [0.717, 1.165) is 30.4 Å². The zero-order valence-corrected chi connectivity index (χ0v) is 19.3. The van der Waals surface area contributed by atoms with Crippen molar-refractivity contribution in [1.82, 2.24) is 0 Å². The first-order valence-electron chi connectivity index (χ1n) is 10.7. The minimum Gasteiger partial charge on any atom is -0.481 e. The van der Waals surface area contributed by atoms with Gasteiger partial charge in [0.25, 0.3) is 5.91 Å². The van der Waals surface area contributed by atoms with E-state index in [1.807, 2.05) is 39.0 Å². The maximum Gasteiger partial charge on any atom is 0.341 e. The van der Waals surface area contributed by atoms with E-state index in [9.17, 15) is 9.59 Å². The second-order valence-corrected chi connectivity index (χ2v) is 9.13. The maximum absolute atomic E-state index is 13.0. The molecule has 0 fully saturated rings. The van der Waals surface area contributed by atoms with Crippen LogP contribution in [-0.2, 0) is 22.4 Å². The minimum absolute atomic E-state index is 0.243. The Hall–Kier alpha value is -2.34. The number of esters is 1. The Balaban J connectivity index is 1.83. The number of fused-ring (bicyclic) bond motifs is 1. The van der Waals surface area contributed by atoms with Crippen molar-refractivity contribution < 1.29 is 19.1 Å². The number of anilines is 1. The summed E-state index contributed by atoms with van der Waals surface area (Å²) >= 11 is 1.50. The van der Waals surface area contributed by atoms with Crippen molar-refractivity contribution in [1.29, 1.82) is 0 Å². The van der Waals surface area contributed by atoms with Gasteiger partial charge in [-0.25, -0.2) is 4.79 Å². The average Bonchev–Trinajstić information content (AvgIpc) is 3.05. The van der Waals surface area contributed by atoms with Crippen LogP contribution >= 0.6 is 11.3 Å². The third-order valence-electron chi connectivity index (χ3n) is 5.65. The Morgan fingerprint density at radius 1 is 1.23 bits per heavy atom. The molecule has 2 aromatic rings. The van der Waals surface area contributed by atoms with Gasteiger partial charge in [0.1, 0.15) is 10.8 Å². The normalized spacial score (nSPS) is 16.5. The quantitative estimate of drug-likeness (QED) is 0.594. The number of thiophene rings is 1. The number of carbonyl (C=O) groups excluding carboxylic acids is 2. The number of benzene rings is 1. The lowest BCUT2D eigenvalue weighted by molar-refractivity contribution is -0.122. The number of hydrogen-bond donors (Lipinski definition) is 1. The van der Waals surface area contributed by atoms with Gasteiger partial charge >= 0.3 is 5.97 Å². The van der Waals surface area contributed by atoms with Crippen molar-refractivity contribution in [3.63, 3.8) is 0 Å². The van der Waals surface area contributed by atoms with Gasteiger partial charge in [0.05, 0.1) is 12.2 Å². The SMILES string of the molecule is CCOC(=O)c1c(NC(=O)C(CC)Oc2ccc(C)c(C)c2)sc2c1CCC(C)C2. The van der Waals surface area contributed by atoms with E-state index in [1.165, 1.54) is 21.8 Å². The fourth-order valence-corrected chi connectivity index (χ4v) is 5.13. The number of ether oxygens (including phenoxy) is 2. The van der Waals surface area contributed by atoms with Crippen LogP contribution in [0.15, 0.2) is 18.2 Å². The second-order valence-electron chi connectivity index (χ2n) is 8.03. The lowest BCUT2D eigenvalue weighted by Crippen LogP contribution is -2.32. The molecule has 1 N–H and O–H groups in total. The van der Waals surface area contributed by atoms with Crippen molar-refractivity contribution >= 4 is 28.2 Å². The summed E-state index contributed by atoms with van der Waals surface area (Å²) in [7, 11) is 0. The van der Waals surface area contributed by atoms with Gasteiger partial charge in [0.15, 0.2) is 6.10 Å². The molecule has 0 radical (unpaired) electrons. The molecule has 0 saturated heterocycles. The maximum atomic E-state index is 13.0. The van der Waals surface area contributed by atoms with E-state index in [1.54, 1.807) is 6.92 Å². The molecule has 30 heavy (non-hydrogen) atoms. The van der Waals surface area contributed by atoms with Crippen molar-refractivity contribution in [2.75, 3.05) is 11.9 Å².